The molecule has 21 heavy (non-hydrogen) atoms. The predicted octanol–water partition coefficient (Wildman–Crippen LogP) is 2.04. The second kappa shape index (κ2) is 7.40. The van der Waals surface area contributed by atoms with Gasteiger partial charge in [-0.1, -0.05) is 13.8 Å². The number of carbonyl (C=O) groups is 2. The molecule has 1 amide bonds. The summed E-state index contributed by atoms with van der Waals surface area (Å²) in [6.07, 6.45) is 3.06. The molecule has 0 unspecified atom stereocenters. The number of nitrogens with zero attached hydrogens (tertiary/aromatic N) is 1. The van der Waals surface area contributed by atoms with Crippen LogP contribution in [0.3, 0.4) is 0 Å². The second-order valence-corrected chi connectivity index (χ2v) is 6.42. The molecular weight excluding hydrogens is 290 g/mol. The molecule has 6 nitrogen and oxygen atoms in total. The SMILES string of the molecule is CC(C)CCNc1nc(C(=O)OCC(=O)NC2CC2)cs1. The number of nitrogens with one attached hydrogen (secondary N) is 2. The standard InChI is InChI=1S/C14H21N3O3S/c1-9(2)5-6-15-14-17-11(8-21-14)13(19)20-7-12(18)16-10-3-4-10/h8-10H,3-7H2,1-2H3,(H,15,17)(H,16,18). The summed E-state index contributed by atoms with van der Waals surface area (Å²) in [5.74, 6) is -0.197. The molecule has 1 aromatic rings. The fourth-order valence-electron chi connectivity index (χ4n) is 1.62. The number of rotatable bonds is 8. The lowest BCUT2D eigenvalue weighted by molar-refractivity contribution is -0.124. The van der Waals surface area contributed by atoms with Gasteiger partial charge in [-0.15, -0.1) is 11.3 Å². The van der Waals surface area contributed by atoms with Crippen molar-refractivity contribution in [3.8, 4) is 0 Å². The molecule has 2 N–H and O–H groups in total. The molecule has 0 atom stereocenters. The molecule has 1 aromatic heterocycles. The van der Waals surface area contributed by atoms with E-state index < -0.39 is 5.97 Å². The van der Waals surface area contributed by atoms with Crippen molar-refractivity contribution in [2.75, 3.05) is 18.5 Å². The maximum absolute atomic E-state index is 11.8. The van der Waals surface area contributed by atoms with Crippen LogP contribution in [0.5, 0.6) is 0 Å². The minimum absolute atomic E-state index is 0.242. The molecule has 116 valence electrons. The van der Waals surface area contributed by atoms with E-state index >= 15 is 0 Å². The number of amides is 1. The van der Waals surface area contributed by atoms with Gasteiger partial charge in [0.05, 0.1) is 0 Å². The smallest absolute Gasteiger partial charge is 0.358 e. The highest BCUT2D eigenvalue weighted by atomic mass is 32.1. The van der Waals surface area contributed by atoms with Crippen LogP contribution in [0.2, 0.25) is 0 Å². The molecule has 0 spiro atoms. The monoisotopic (exact) mass is 311 g/mol. The summed E-state index contributed by atoms with van der Waals surface area (Å²) in [6, 6.07) is 0.271. The van der Waals surface area contributed by atoms with E-state index in [9.17, 15) is 9.59 Å². The molecule has 2 rings (SSSR count). The lowest BCUT2D eigenvalue weighted by atomic mass is 10.1. The van der Waals surface area contributed by atoms with Crippen molar-refractivity contribution < 1.29 is 14.3 Å². The van der Waals surface area contributed by atoms with Crippen LogP contribution in [-0.2, 0) is 9.53 Å². The normalized spacial score (nSPS) is 14.0. The zero-order valence-corrected chi connectivity index (χ0v) is 13.2. The van der Waals surface area contributed by atoms with Gasteiger partial charge in [-0.05, 0) is 25.2 Å². The Bertz CT molecular complexity index is 497. The fraction of sp³-hybridized carbons (Fsp3) is 0.643. The number of aromatic nitrogens is 1. The molecule has 1 fully saturated rings. The first-order valence-corrected chi connectivity index (χ1v) is 8.08. The van der Waals surface area contributed by atoms with Gasteiger partial charge in [0.25, 0.3) is 5.91 Å². The highest BCUT2D eigenvalue weighted by Gasteiger charge is 2.24. The Morgan fingerprint density at radius 2 is 2.24 bits per heavy atom. The minimum Gasteiger partial charge on any atom is -0.451 e. The first-order chi connectivity index (χ1) is 10.0. The van der Waals surface area contributed by atoms with Crippen molar-refractivity contribution in [1.29, 1.82) is 0 Å². The van der Waals surface area contributed by atoms with E-state index in [2.05, 4.69) is 29.5 Å². The Hall–Kier alpha value is -1.63. The van der Waals surface area contributed by atoms with E-state index in [1.807, 2.05) is 0 Å². The van der Waals surface area contributed by atoms with Crippen LogP contribution in [0.25, 0.3) is 0 Å². The van der Waals surface area contributed by atoms with E-state index in [1.165, 1.54) is 11.3 Å². The summed E-state index contributed by atoms with van der Waals surface area (Å²) < 4.78 is 4.94. The quantitative estimate of drug-likeness (QED) is 0.718. The molecule has 1 aliphatic rings. The fourth-order valence-corrected chi connectivity index (χ4v) is 2.33. The third-order valence-corrected chi connectivity index (χ3v) is 3.79. The molecule has 0 aliphatic heterocycles. The van der Waals surface area contributed by atoms with Crippen molar-refractivity contribution >= 4 is 28.3 Å². The van der Waals surface area contributed by atoms with Crippen molar-refractivity contribution in [1.82, 2.24) is 10.3 Å². The highest BCUT2D eigenvalue weighted by Crippen LogP contribution is 2.18. The van der Waals surface area contributed by atoms with Gasteiger partial charge in [-0.25, -0.2) is 9.78 Å². The van der Waals surface area contributed by atoms with Gasteiger partial charge in [0.15, 0.2) is 17.4 Å². The van der Waals surface area contributed by atoms with Gasteiger partial charge in [-0.3, -0.25) is 4.79 Å². The number of esters is 1. The van der Waals surface area contributed by atoms with E-state index in [0.717, 1.165) is 25.8 Å². The molecule has 1 saturated carbocycles. The van der Waals surface area contributed by atoms with Gasteiger partial charge < -0.3 is 15.4 Å². The molecule has 0 bridgehead atoms. The number of thiazole rings is 1. The first kappa shape index (κ1) is 15.8. The van der Waals surface area contributed by atoms with E-state index in [0.29, 0.717) is 11.0 Å². The number of anilines is 1. The molecular formula is C14H21N3O3S. The molecule has 7 heteroatoms. The Balaban J connectivity index is 1.71. The lowest BCUT2D eigenvalue weighted by Crippen LogP contribution is -2.30. The van der Waals surface area contributed by atoms with Crippen LogP contribution in [0, 0.1) is 5.92 Å². The van der Waals surface area contributed by atoms with Crippen LogP contribution in [0.15, 0.2) is 5.38 Å². The second-order valence-electron chi connectivity index (χ2n) is 5.57. The lowest BCUT2D eigenvalue weighted by Gasteiger charge is -2.05. The van der Waals surface area contributed by atoms with Gasteiger partial charge in [0.2, 0.25) is 0 Å². The van der Waals surface area contributed by atoms with Crippen molar-refractivity contribution in [3.05, 3.63) is 11.1 Å². The predicted molar refractivity (Wildman–Crippen MR) is 81.5 cm³/mol. The minimum atomic E-state index is -0.561. The van der Waals surface area contributed by atoms with Crippen LogP contribution in [0.1, 0.15) is 43.6 Å². The summed E-state index contributed by atoms with van der Waals surface area (Å²) >= 11 is 1.36. The largest absolute Gasteiger partial charge is 0.451 e. The zero-order valence-electron chi connectivity index (χ0n) is 12.3. The molecule has 1 heterocycles. The van der Waals surface area contributed by atoms with Crippen LogP contribution < -0.4 is 10.6 Å². The third-order valence-electron chi connectivity index (χ3n) is 2.99. The van der Waals surface area contributed by atoms with Crippen LogP contribution in [-0.4, -0.2) is 36.1 Å². The first-order valence-electron chi connectivity index (χ1n) is 7.20. The van der Waals surface area contributed by atoms with Crippen LogP contribution >= 0.6 is 11.3 Å². The summed E-state index contributed by atoms with van der Waals surface area (Å²) in [7, 11) is 0. The summed E-state index contributed by atoms with van der Waals surface area (Å²) in [6.45, 7) is 4.88. The highest BCUT2D eigenvalue weighted by molar-refractivity contribution is 7.13. The number of carbonyl (C=O) groups excluding carboxylic acids is 2. The van der Waals surface area contributed by atoms with Crippen molar-refractivity contribution in [2.45, 2.75) is 39.2 Å². The summed E-state index contributed by atoms with van der Waals surface area (Å²) in [5.41, 5.74) is 0.242. The maximum Gasteiger partial charge on any atom is 0.358 e. The topological polar surface area (TPSA) is 80.3 Å². The number of hydrogen-bond donors (Lipinski definition) is 2. The van der Waals surface area contributed by atoms with Crippen LogP contribution in [0.4, 0.5) is 5.13 Å². The summed E-state index contributed by atoms with van der Waals surface area (Å²) in [5, 5.41) is 8.27. The van der Waals surface area contributed by atoms with E-state index in [-0.39, 0.29) is 24.2 Å². The Kier molecular flexibility index (Phi) is 5.55. The van der Waals surface area contributed by atoms with E-state index in [1.54, 1.807) is 5.38 Å². The average molecular weight is 311 g/mol. The van der Waals surface area contributed by atoms with Gasteiger partial charge in [0, 0.05) is 18.0 Å². The number of ether oxygens (including phenoxy) is 1. The van der Waals surface area contributed by atoms with Gasteiger partial charge in [-0.2, -0.15) is 0 Å². The van der Waals surface area contributed by atoms with Gasteiger partial charge >= 0.3 is 5.97 Å². The Morgan fingerprint density at radius 1 is 1.48 bits per heavy atom. The third kappa shape index (κ3) is 5.71. The van der Waals surface area contributed by atoms with Crippen molar-refractivity contribution in [2.24, 2.45) is 5.92 Å². The number of hydrogen-bond acceptors (Lipinski definition) is 6. The van der Waals surface area contributed by atoms with Crippen molar-refractivity contribution in [3.63, 3.8) is 0 Å². The Morgan fingerprint density at radius 3 is 2.90 bits per heavy atom. The maximum atomic E-state index is 11.8. The molecule has 0 radical (unpaired) electrons. The van der Waals surface area contributed by atoms with Gasteiger partial charge in [0.1, 0.15) is 0 Å². The van der Waals surface area contributed by atoms with E-state index in [4.69, 9.17) is 4.74 Å². The zero-order chi connectivity index (χ0) is 15.2. The molecule has 1 aliphatic carbocycles. The molecule has 0 saturated heterocycles. The summed E-state index contributed by atoms with van der Waals surface area (Å²) in [4.78, 5) is 27.3. The Labute approximate surface area is 128 Å². The average Bonchev–Trinajstić information content (AvgIpc) is 3.11. The molecule has 0 aromatic carbocycles.